The van der Waals surface area contributed by atoms with E-state index in [1.807, 2.05) is 0 Å². The number of nitrogens with zero attached hydrogens (tertiary/aromatic N) is 4. The molecule has 4 unspecified atom stereocenters. The second-order valence-electron chi connectivity index (χ2n) is 8.70. The highest BCUT2D eigenvalue weighted by atomic mass is 19.1. The number of hydrogen-bond acceptors (Lipinski definition) is 5. The minimum atomic E-state index is -0.501. The maximum absolute atomic E-state index is 14.1. The lowest BCUT2D eigenvalue weighted by Crippen LogP contribution is -2.35. The number of aromatic nitrogens is 4. The van der Waals surface area contributed by atoms with E-state index in [9.17, 15) is 13.6 Å². The standard InChI is InChI=1S/C22H25F2N5O2/c1-13-9-28(11-16-17(23)3-2-4-18(16)24)10-15(13)20-7-14(5-6-31-20)21-25-8-19-22(30)26-12-27-29(19)21/h2-4,8,12-15,20H,5-7,9-11H2,1H3,(H,26,27,30). The maximum Gasteiger partial charge on any atom is 0.276 e. The van der Waals surface area contributed by atoms with Crippen molar-refractivity contribution >= 4 is 5.52 Å². The summed E-state index contributed by atoms with van der Waals surface area (Å²) in [6.07, 6.45) is 4.57. The molecule has 0 amide bonds. The van der Waals surface area contributed by atoms with Crippen molar-refractivity contribution in [1.29, 1.82) is 0 Å². The quantitative estimate of drug-likeness (QED) is 0.690. The summed E-state index contributed by atoms with van der Waals surface area (Å²) in [6, 6.07) is 4.00. The minimum Gasteiger partial charge on any atom is -0.378 e. The van der Waals surface area contributed by atoms with Crippen LogP contribution >= 0.6 is 0 Å². The Morgan fingerprint density at radius 3 is 2.87 bits per heavy atom. The molecule has 0 spiro atoms. The molecule has 2 aliphatic rings. The molecule has 0 bridgehead atoms. The first kappa shape index (κ1) is 20.3. The number of ether oxygens (including phenoxy) is 1. The Labute approximate surface area is 178 Å². The number of aromatic amines is 1. The number of H-pyrrole nitrogens is 1. The fourth-order valence-electron chi connectivity index (χ4n) is 5.11. The van der Waals surface area contributed by atoms with Crippen LogP contribution in [0.15, 0.2) is 35.5 Å². The van der Waals surface area contributed by atoms with Gasteiger partial charge in [0.05, 0.1) is 12.3 Å². The molecular weight excluding hydrogens is 404 g/mol. The first-order valence-electron chi connectivity index (χ1n) is 10.7. The van der Waals surface area contributed by atoms with E-state index in [0.29, 0.717) is 18.0 Å². The summed E-state index contributed by atoms with van der Waals surface area (Å²) in [7, 11) is 0. The largest absolute Gasteiger partial charge is 0.378 e. The Balaban J connectivity index is 1.31. The van der Waals surface area contributed by atoms with Crippen molar-refractivity contribution in [3.63, 3.8) is 0 Å². The van der Waals surface area contributed by atoms with Crippen LogP contribution in [0.25, 0.3) is 5.52 Å². The van der Waals surface area contributed by atoms with Crippen molar-refractivity contribution < 1.29 is 13.5 Å². The molecule has 5 rings (SSSR count). The van der Waals surface area contributed by atoms with Crippen LogP contribution < -0.4 is 5.56 Å². The average molecular weight is 429 g/mol. The van der Waals surface area contributed by atoms with Gasteiger partial charge in [-0.05, 0) is 30.9 Å². The van der Waals surface area contributed by atoms with E-state index in [4.69, 9.17) is 4.74 Å². The van der Waals surface area contributed by atoms with E-state index in [0.717, 1.165) is 31.8 Å². The fourth-order valence-corrected chi connectivity index (χ4v) is 5.11. The third-order valence-electron chi connectivity index (χ3n) is 6.71. The van der Waals surface area contributed by atoms with Gasteiger partial charge in [0, 0.05) is 43.6 Å². The minimum absolute atomic E-state index is 0.0264. The van der Waals surface area contributed by atoms with Crippen molar-refractivity contribution in [2.75, 3.05) is 19.7 Å². The molecule has 2 aromatic heterocycles. The summed E-state index contributed by atoms with van der Waals surface area (Å²) in [5, 5.41) is 4.27. The van der Waals surface area contributed by atoms with Crippen molar-refractivity contribution in [3.05, 3.63) is 64.1 Å². The molecular formula is C22H25F2N5O2. The van der Waals surface area contributed by atoms with E-state index in [1.165, 1.54) is 24.5 Å². The Hall–Kier alpha value is -2.65. The first-order valence-corrected chi connectivity index (χ1v) is 10.7. The van der Waals surface area contributed by atoms with E-state index >= 15 is 0 Å². The SMILES string of the molecule is CC1CN(Cc2c(F)cccc2F)CC1C1CC(c2ncc3c(=O)[nH]cnn23)CCO1. The van der Waals surface area contributed by atoms with Crippen LogP contribution in [-0.4, -0.2) is 50.3 Å². The molecule has 2 saturated heterocycles. The van der Waals surface area contributed by atoms with Crippen molar-refractivity contribution in [2.24, 2.45) is 11.8 Å². The number of nitrogens with one attached hydrogen (secondary N) is 1. The predicted octanol–water partition coefficient (Wildman–Crippen LogP) is 2.73. The highest BCUT2D eigenvalue weighted by Gasteiger charge is 2.40. The molecule has 4 heterocycles. The van der Waals surface area contributed by atoms with Crippen LogP contribution in [0.2, 0.25) is 0 Å². The molecule has 2 aliphatic heterocycles. The number of halogens is 2. The van der Waals surface area contributed by atoms with Crippen LogP contribution in [0.5, 0.6) is 0 Å². The topological polar surface area (TPSA) is 75.5 Å². The molecule has 31 heavy (non-hydrogen) atoms. The number of imidazole rings is 1. The van der Waals surface area contributed by atoms with Gasteiger partial charge in [0.25, 0.3) is 5.56 Å². The van der Waals surface area contributed by atoms with Gasteiger partial charge in [0.1, 0.15) is 23.8 Å². The van der Waals surface area contributed by atoms with Crippen LogP contribution in [0.1, 0.15) is 37.1 Å². The van der Waals surface area contributed by atoms with Crippen LogP contribution in [-0.2, 0) is 11.3 Å². The molecule has 1 aromatic carbocycles. The zero-order chi connectivity index (χ0) is 21.5. The lowest BCUT2D eigenvalue weighted by Gasteiger charge is -2.34. The zero-order valence-corrected chi connectivity index (χ0v) is 17.3. The summed E-state index contributed by atoms with van der Waals surface area (Å²) in [5.41, 5.74) is 0.351. The van der Waals surface area contributed by atoms with E-state index < -0.39 is 11.6 Å². The lowest BCUT2D eigenvalue weighted by atomic mass is 9.84. The molecule has 3 aromatic rings. The van der Waals surface area contributed by atoms with Crippen molar-refractivity contribution in [3.8, 4) is 0 Å². The summed E-state index contributed by atoms with van der Waals surface area (Å²) in [4.78, 5) is 21.1. The summed E-state index contributed by atoms with van der Waals surface area (Å²) in [5.74, 6) is 0.528. The molecule has 9 heteroatoms. The van der Waals surface area contributed by atoms with Gasteiger partial charge in [-0.1, -0.05) is 13.0 Å². The molecule has 0 aliphatic carbocycles. The van der Waals surface area contributed by atoms with Gasteiger partial charge in [-0.3, -0.25) is 9.69 Å². The van der Waals surface area contributed by atoms with Crippen molar-refractivity contribution in [2.45, 2.75) is 38.3 Å². The average Bonchev–Trinajstić information content (AvgIpc) is 3.35. The summed E-state index contributed by atoms with van der Waals surface area (Å²) >= 11 is 0. The maximum atomic E-state index is 14.1. The smallest absolute Gasteiger partial charge is 0.276 e. The van der Waals surface area contributed by atoms with Gasteiger partial charge in [-0.15, -0.1) is 0 Å². The van der Waals surface area contributed by atoms with E-state index in [2.05, 4.69) is 26.9 Å². The Bertz CT molecular complexity index is 1130. The van der Waals surface area contributed by atoms with Gasteiger partial charge in [-0.2, -0.15) is 5.10 Å². The fraction of sp³-hybridized carbons (Fsp3) is 0.500. The highest BCUT2D eigenvalue weighted by Crippen LogP contribution is 2.37. The monoisotopic (exact) mass is 429 g/mol. The number of rotatable bonds is 4. The highest BCUT2D eigenvalue weighted by molar-refractivity contribution is 5.42. The van der Waals surface area contributed by atoms with Crippen LogP contribution in [0, 0.1) is 23.5 Å². The normalized spacial score (nSPS) is 27.2. The Kier molecular flexibility index (Phi) is 5.31. The van der Waals surface area contributed by atoms with Gasteiger partial charge in [-0.25, -0.2) is 18.3 Å². The van der Waals surface area contributed by atoms with Gasteiger partial charge < -0.3 is 9.72 Å². The second kappa shape index (κ2) is 8.12. The molecule has 7 nitrogen and oxygen atoms in total. The summed E-state index contributed by atoms with van der Waals surface area (Å²) in [6.45, 7) is 4.53. The third kappa shape index (κ3) is 3.76. The molecule has 2 fully saturated rings. The Morgan fingerprint density at radius 1 is 1.26 bits per heavy atom. The van der Waals surface area contributed by atoms with Crippen LogP contribution in [0.4, 0.5) is 8.78 Å². The molecule has 0 radical (unpaired) electrons. The van der Waals surface area contributed by atoms with Gasteiger partial charge in [0.15, 0.2) is 5.52 Å². The molecule has 164 valence electrons. The number of fused-ring (bicyclic) bond motifs is 1. The van der Waals surface area contributed by atoms with E-state index in [1.54, 1.807) is 10.7 Å². The second-order valence-corrected chi connectivity index (χ2v) is 8.70. The number of hydrogen-bond donors (Lipinski definition) is 1. The number of benzene rings is 1. The van der Waals surface area contributed by atoms with E-state index in [-0.39, 0.29) is 35.6 Å². The van der Waals surface area contributed by atoms with Gasteiger partial charge in [0.2, 0.25) is 0 Å². The zero-order valence-electron chi connectivity index (χ0n) is 17.3. The van der Waals surface area contributed by atoms with Crippen molar-refractivity contribution in [1.82, 2.24) is 24.5 Å². The lowest BCUT2D eigenvalue weighted by molar-refractivity contribution is -0.0358. The summed E-state index contributed by atoms with van der Waals surface area (Å²) < 4.78 is 35.9. The first-order chi connectivity index (χ1) is 15.0. The molecule has 1 N–H and O–H groups in total. The Morgan fingerprint density at radius 2 is 2.06 bits per heavy atom. The number of likely N-dealkylation sites (tertiary alicyclic amines) is 1. The third-order valence-corrected chi connectivity index (χ3v) is 6.71. The molecule has 4 atom stereocenters. The van der Waals surface area contributed by atoms with Crippen LogP contribution in [0.3, 0.4) is 0 Å². The predicted molar refractivity (Wildman–Crippen MR) is 110 cm³/mol. The van der Waals surface area contributed by atoms with Gasteiger partial charge >= 0.3 is 0 Å². The molecule has 0 saturated carbocycles.